The lowest BCUT2D eigenvalue weighted by Gasteiger charge is -2.09. The molecule has 0 radical (unpaired) electrons. The van der Waals surface area contributed by atoms with Crippen LogP contribution >= 0.6 is 23.2 Å². The van der Waals surface area contributed by atoms with Crippen molar-refractivity contribution in [1.82, 2.24) is 9.97 Å². The molecule has 0 amide bonds. The summed E-state index contributed by atoms with van der Waals surface area (Å²) < 4.78 is 0. The second kappa shape index (κ2) is 5.34. The standard InChI is InChI=1S/C12H11Cl2N3/c1-8-4-2-3-5-9(8)6-15-11-10(13)7-16-12(14)17-11/h2-5,7H,6H2,1H3,(H,15,16,17). The van der Waals surface area contributed by atoms with Crippen molar-refractivity contribution >= 4 is 29.0 Å². The number of halogens is 2. The molecule has 17 heavy (non-hydrogen) atoms. The molecule has 1 aromatic heterocycles. The van der Waals surface area contributed by atoms with Gasteiger partial charge in [-0.2, -0.15) is 4.98 Å². The van der Waals surface area contributed by atoms with Gasteiger partial charge in [-0.3, -0.25) is 0 Å². The van der Waals surface area contributed by atoms with E-state index in [1.807, 2.05) is 12.1 Å². The second-order valence-electron chi connectivity index (χ2n) is 3.62. The lowest BCUT2D eigenvalue weighted by Crippen LogP contribution is -2.04. The van der Waals surface area contributed by atoms with Crippen molar-refractivity contribution in [2.75, 3.05) is 5.32 Å². The number of aryl methyl sites for hydroxylation is 1. The van der Waals surface area contributed by atoms with Crippen LogP contribution in [0.25, 0.3) is 0 Å². The van der Waals surface area contributed by atoms with Gasteiger partial charge in [-0.25, -0.2) is 4.98 Å². The Hall–Kier alpha value is -1.32. The van der Waals surface area contributed by atoms with Crippen molar-refractivity contribution in [3.63, 3.8) is 0 Å². The lowest BCUT2D eigenvalue weighted by atomic mass is 10.1. The van der Waals surface area contributed by atoms with E-state index in [9.17, 15) is 0 Å². The summed E-state index contributed by atoms with van der Waals surface area (Å²) in [7, 11) is 0. The molecule has 0 saturated heterocycles. The molecular weight excluding hydrogens is 257 g/mol. The number of anilines is 1. The minimum absolute atomic E-state index is 0.182. The Morgan fingerprint density at radius 2 is 2.00 bits per heavy atom. The summed E-state index contributed by atoms with van der Waals surface area (Å²) in [5.41, 5.74) is 2.41. The average Bonchev–Trinajstić information content (AvgIpc) is 2.32. The third-order valence-electron chi connectivity index (χ3n) is 2.42. The number of hydrogen-bond donors (Lipinski definition) is 1. The molecule has 3 nitrogen and oxygen atoms in total. The largest absolute Gasteiger partial charge is 0.365 e. The van der Waals surface area contributed by atoms with Gasteiger partial charge in [0.25, 0.3) is 0 Å². The highest BCUT2D eigenvalue weighted by atomic mass is 35.5. The molecule has 88 valence electrons. The number of aromatic nitrogens is 2. The van der Waals surface area contributed by atoms with Gasteiger partial charge in [-0.1, -0.05) is 35.9 Å². The Balaban J connectivity index is 2.12. The maximum Gasteiger partial charge on any atom is 0.224 e. The van der Waals surface area contributed by atoms with Crippen LogP contribution in [0.15, 0.2) is 30.5 Å². The van der Waals surface area contributed by atoms with Gasteiger partial charge in [-0.15, -0.1) is 0 Å². The quantitative estimate of drug-likeness (QED) is 0.862. The Morgan fingerprint density at radius 3 is 2.76 bits per heavy atom. The van der Waals surface area contributed by atoms with E-state index in [4.69, 9.17) is 23.2 Å². The molecule has 1 aromatic carbocycles. The fraction of sp³-hybridized carbons (Fsp3) is 0.167. The monoisotopic (exact) mass is 267 g/mol. The van der Waals surface area contributed by atoms with Crippen molar-refractivity contribution in [3.05, 3.63) is 51.9 Å². The number of benzene rings is 1. The van der Waals surface area contributed by atoms with Gasteiger partial charge >= 0.3 is 0 Å². The zero-order chi connectivity index (χ0) is 12.3. The summed E-state index contributed by atoms with van der Waals surface area (Å²) in [6.07, 6.45) is 1.48. The first-order chi connectivity index (χ1) is 8.16. The van der Waals surface area contributed by atoms with E-state index in [-0.39, 0.29) is 5.28 Å². The van der Waals surface area contributed by atoms with Gasteiger partial charge in [0.15, 0.2) is 0 Å². The molecule has 0 aliphatic rings. The molecule has 0 aliphatic heterocycles. The summed E-state index contributed by atoms with van der Waals surface area (Å²) in [5, 5.41) is 3.79. The second-order valence-corrected chi connectivity index (χ2v) is 4.36. The van der Waals surface area contributed by atoms with Crippen molar-refractivity contribution in [2.24, 2.45) is 0 Å². The maximum absolute atomic E-state index is 5.96. The molecule has 0 atom stereocenters. The fourth-order valence-corrected chi connectivity index (χ4v) is 1.75. The first kappa shape index (κ1) is 12.1. The van der Waals surface area contributed by atoms with Crippen molar-refractivity contribution in [2.45, 2.75) is 13.5 Å². The van der Waals surface area contributed by atoms with E-state index in [2.05, 4.69) is 34.3 Å². The van der Waals surface area contributed by atoms with Gasteiger partial charge in [-0.05, 0) is 29.7 Å². The summed E-state index contributed by atoms with van der Waals surface area (Å²) >= 11 is 11.7. The Labute approximate surface area is 110 Å². The van der Waals surface area contributed by atoms with Crippen molar-refractivity contribution in [3.8, 4) is 0 Å². The SMILES string of the molecule is Cc1ccccc1CNc1nc(Cl)ncc1Cl. The van der Waals surface area contributed by atoms with Crippen LogP contribution in [0, 0.1) is 6.92 Å². The molecule has 0 fully saturated rings. The van der Waals surface area contributed by atoms with Crippen LogP contribution in [0.2, 0.25) is 10.3 Å². The highest BCUT2D eigenvalue weighted by Crippen LogP contribution is 2.20. The van der Waals surface area contributed by atoms with E-state index in [0.717, 1.165) is 0 Å². The average molecular weight is 268 g/mol. The van der Waals surface area contributed by atoms with E-state index in [0.29, 0.717) is 17.4 Å². The van der Waals surface area contributed by atoms with E-state index < -0.39 is 0 Å². The molecule has 1 heterocycles. The fourth-order valence-electron chi connectivity index (χ4n) is 1.46. The van der Waals surface area contributed by atoms with Crippen molar-refractivity contribution < 1.29 is 0 Å². The Kier molecular flexibility index (Phi) is 3.82. The first-order valence-corrected chi connectivity index (χ1v) is 5.89. The topological polar surface area (TPSA) is 37.8 Å². The molecular formula is C12H11Cl2N3. The lowest BCUT2D eigenvalue weighted by molar-refractivity contribution is 1.07. The summed E-state index contributed by atoms with van der Waals surface area (Å²) in [6.45, 7) is 2.71. The third-order valence-corrected chi connectivity index (χ3v) is 2.88. The van der Waals surface area contributed by atoms with Crippen LogP contribution in [0.5, 0.6) is 0 Å². The van der Waals surface area contributed by atoms with Crippen LogP contribution in [-0.2, 0) is 6.54 Å². The number of nitrogens with one attached hydrogen (secondary N) is 1. The van der Waals surface area contributed by atoms with E-state index in [1.54, 1.807) is 0 Å². The molecule has 2 rings (SSSR count). The molecule has 0 aliphatic carbocycles. The van der Waals surface area contributed by atoms with Gasteiger partial charge in [0.1, 0.15) is 10.8 Å². The van der Waals surface area contributed by atoms with Gasteiger partial charge in [0.2, 0.25) is 5.28 Å². The van der Waals surface area contributed by atoms with Crippen LogP contribution < -0.4 is 5.32 Å². The molecule has 0 spiro atoms. The Morgan fingerprint density at radius 1 is 1.24 bits per heavy atom. The molecule has 0 bridgehead atoms. The molecule has 0 unspecified atom stereocenters. The number of nitrogens with zero attached hydrogens (tertiary/aromatic N) is 2. The number of hydrogen-bond acceptors (Lipinski definition) is 3. The van der Waals surface area contributed by atoms with Crippen LogP contribution in [0.1, 0.15) is 11.1 Å². The Bertz CT molecular complexity index is 529. The highest BCUT2D eigenvalue weighted by Gasteiger charge is 2.04. The molecule has 0 saturated carbocycles. The summed E-state index contributed by atoms with van der Waals surface area (Å²) in [5.74, 6) is 0.551. The van der Waals surface area contributed by atoms with Gasteiger partial charge < -0.3 is 5.32 Å². The van der Waals surface area contributed by atoms with Crippen LogP contribution in [-0.4, -0.2) is 9.97 Å². The minimum atomic E-state index is 0.182. The third kappa shape index (κ3) is 3.08. The van der Waals surface area contributed by atoms with Gasteiger partial charge in [0, 0.05) is 6.54 Å². The summed E-state index contributed by atoms with van der Waals surface area (Å²) in [6, 6.07) is 8.12. The molecule has 2 aromatic rings. The maximum atomic E-state index is 5.96. The van der Waals surface area contributed by atoms with E-state index >= 15 is 0 Å². The molecule has 1 N–H and O–H groups in total. The van der Waals surface area contributed by atoms with Crippen molar-refractivity contribution in [1.29, 1.82) is 0 Å². The van der Waals surface area contributed by atoms with E-state index in [1.165, 1.54) is 17.3 Å². The smallest absolute Gasteiger partial charge is 0.224 e. The highest BCUT2D eigenvalue weighted by molar-refractivity contribution is 6.33. The first-order valence-electron chi connectivity index (χ1n) is 5.13. The number of rotatable bonds is 3. The normalized spacial score (nSPS) is 10.3. The minimum Gasteiger partial charge on any atom is -0.365 e. The van der Waals surface area contributed by atoms with Gasteiger partial charge in [0.05, 0.1) is 6.20 Å². The summed E-state index contributed by atoms with van der Waals surface area (Å²) in [4.78, 5) is 7.82. The molecule has 5 heteroatoms. The predicted octanol–water partition coefficient (Wildman–Crippen LogP) is 3.70. The van der Waals surface area contributed by atoms with Crippen LogP contribution in [0.3, 0.4) is 0 Å². The zero-order valence-electron chi connectivity index (χ0n) is 9.24. The predicted molar refractivity (Wildman–Crippen MR) is 70.6 cm³/mol. The zero-order valence-corrected chi connectivity index (χ0v) is 10.8. The van der Waals surface area contributed by atoms with Crippen LogP contribution in [0.4, 0.5) is 5.82 Å².